The first-order chi connectivity index (χ1) is 17.0. The summed E-state index contributed by atoms with van der Waals surface area (Å²) in [5, 5.41) is 14.4. The van der Waals surface area contributed by atoms with Crippen LogP contribution in [0.15, 0.2) is 71.1 Å². The number of carbonyl (C=O) groups excluding carboxylic acids is 3. The smallest absolute Gasteiger partial charge is 0.437 e. The van der Waals surface area contributed by atoms with E-state index < -0.39 is 41.6 Å². The number of Topliss-reactive ketones (excluding diaryl/α,β-unsaturated/α-hetero) is 1. The topological polar surface area (TPSA) is 118 Å². The minimum absolute atomic E-state index is 0.0885. The molecule has 188 valence electrons. The van der Waals surface area contributed by atoms with Crippen molar-refractivity contribution in [3.05, 3.63) is 83.6 Å². The second-order valence-electron chi connectivity index (χ2n) is 8.05. The molecule has 2 amide bonds. The summed E-state index contributed by atoms with van der Waals surface area (Å²) in [6, 6.07) is 13.0. The molecule has 1 aliphatic heterocycles. The number of aliphatic hydroxyl groups is 1. The van der Waals surface area contributed by atoms with Crippen LogP contribution >= 0.6 is 0 Å². The van der Waals surface area contributed by atoms with Gasteiger partial charge in [-0.1, -0.05) is 42.5 Å². The van der Waals surface area contributed by atoms with E-state index in [1.165, 1.54) is 53.8 Å². The van der Waals surface area contributed by atoms with E-state index in [9.17, 15) is 32.7 Å². The van der Waals surface area contributed by atoms with Crippen LogP contribution in [0.2, 0.25) is 0 Å². The standard InChI is InChI=1S/C25H21F3N2O6/c1-2-35-22(32)16-10-8-14(9-11-16)17-12-13-18(36-17)20-19(21(31)15-6-4-3-5-7-15)24(34,25(26,27)28)30-23(33)29-20/h3-13,19-20,34H,2H2,1H3,(H2,29,30,33)/t19-,20+,24-/m0/s1. The van der Waals surface area contributed by atoms with Crippen molar-refractivity contribution in [1.82, 2.24) is 10.6 Å². The number of amides is 2. The molecular formula is C25H21F3N2O6. The minimum atomic E-state index is -5.38. The first-order valence-electron chi connectivity index (χ1n) is 10.9. The molecule has 1 saturated heterocycles. The first kappa shape index (κ1) is 25.0. The first-order valence-corrected chi connectivity index (χ1v) is 10.9. The number of rotatable bonds is 6. The fourth-order valence-electron chi connectivity index (χ4n) is 4.02. The fraction of sp³-hybridized carbons (Fsp3) is 0.240. The second-order valence-corrected chi connectivity index (χ2v) is 8.05. The van der Waals surface area contributed by atoms with Gasteiger partial charge in [-0.3, -0.25) is 4.79 Å². The third kappa shape index (κ3) is 4.57. The molecule has 1 aromatic heterocycles. The third-order valence-corrected chi connectivity index (χ3v) is 5.76. The van der Waals surface area contributed by atoms with E-state index in [0.717, 1.165) is 0 Å². The van der Waals surface area contributed by atoms with Crippen LogP contribution in [0.1, 0.15) is 39.4 Å². The molecule has 3 aromatic rings. The van der Waals surface area contributed by atoms with Crippen LogP contribution in [0, 0.1) is 5.92 Å². The summed E-state index contributed by atoms with van der Waals surface area (Å²) in [6.07, 6.45) is -5.38. The number of urea groups is 1. The van der Waals surface area contributed by atoms with E-state index >= 15 is 0 Å². The summed E-state index contributed by atoms with van der Waals surface area (Å²) in [5.41, 5.74) is -3.18. The summed E-state index contributed by atoms with van der Waals surface area (Å²) in [5.74, 6) is -3.75. The van der Waals surface area contributed by atoms with E-state index in [4.69, 9.17) is 9.15 Å². The van der Waals surface area contributed by atoms with Gasteiger partial charge in [-0.15, -0.1) is 0 Å². The Morgan fingerprint density at radius 2 is 1.69 bits per heavy atom. The molecule has 3 N–H and O–H groups in total. The number of ether oxygens (including phenoxy) is 1. The Labute approximate surface area is 203 Å². The van der Waals surface area contributed by atoms with Crippen molar-refractivity contribution >= 4 is 17.8 Å². The van der Waals surface area contributed by atoms with Crippen LogP contribution < -0.4 is 10.6 Å². The van der Waals surface area contributed by atoms with Gasteiger partial charge in [0.15, 0.2) is 5.78 Å². The fourth-order valence-corrected chi connectivity index (χ4v) is 4.02. The molecule has 0 unspecified atom stereocenters. The Morgan fingerprint density at radius 3 is 2.31 bits per heavy atom. The highest BCUT2D eigenvalue weighted by molar-refractivity contribution is 6.00. The lowest BCUT2D eigenvalue weighted by molar-refractivity contribution is -0.288. The number of hydrogen-bond donors (Lipinski definition) is 3. The molecule has 0 bridgehead atoms. The number of carbonyl (C=O) groups is 3. The lowest BCUT2D eigenvalue weighted by Crippen LogP contribution is -2.72. The third-order valence-electron chi connectivity index (χ3n) is 5.76. The van der Waals surface area contributed by atoms with Crippen LogP contribution in [0.4, 0.5) is 18.0 Å². The van der Waals surface area contributed by atoms with Crippen LogP contribution in [-0.4, -0.2) is 41.4 Å². The van der Waals surface area contributed by atoms with Crippen LogP contribution in [0.25, 0.3) is 11.3 Å². The van der Waals surface area contributed by atoms with Crippen molar-refractivity contribution in [2.24, 2.45) is 5.92 Å². The molecule has 3 atom stereocenters. The normalized spacial score (nSPS) is 21.9. The lowest BCUT2D eigenvalue weighted by Gasteiger charge is -2.44. The number of furan rings is 1. The summed E-state index contributed by atoms with van der Waals surface area (Å²) in [6.45, 7) is 1.88. The molecule has 0 aliphatic carbocycles. The zero-order valence-corrected chi connectivity index (χ0v) is 18.8. The van der Waals surface area contributed by atoms with E-state index in [0.29, 0.717) is 11.1 Å². The van der Waals surface area contributed by atoms with Gasteiger partial charge in [0.25, 0.3) is 0 Å². The van der Waals surface area contributed by atoms with Crippen molar-refractivity contribution in [3.63, 3.8) is 0 Å². The van der Waals surface area contributed by atoms with Crippen molar-refractivity contribution in [2.75, 3.05) is 6.61 Å². The number of benzene rings is 2. The molecular weight excluding hydrogens is 481 g/mol. The molecule has 4 rings (SSSR count). The number of nitrogens with one attached hydrogen (secondary N) is 2. The van der Waals surface area contributed by atoms with Gasteiger partial charge in [-0.05, 0) is 31.2 Å². The molecule has 2 aromatic carbocycles. The highest BCUT2D eigenvalue weighted by atomic mass is 19.4. The Balaban J connectivity index is 1.72. The second kappa shape index (κ2) is 9.50. The lowest BCUT2D eigenvalue weighted by atomic mass is 9.79. The zero-order valence-electron chi connectivity index (χ0n) is 18.8. The Hall–Kier alpha value is -4.12. The number of hydrogen-bond acceptors (Lipinski definition) is 6. The van der Waals surface area contributed by atoms with Crippen LogP contribution in [-0.2, 0) is 4.74 Å². The SMILES string of the molecule is CCOC(=O)c1ccc(-c2ccc([C@H]3NC(=O)N[C@@](O)(C(F)(F)F)[C@@H]3C(=O)c3ccccc3)o2)cc1. The summed E-state index contributed by atoms with van der Waals surface area (Å²) in [4.78, 5) is 37.3. The van der Waals surface area contributed by atoms with Crippen molar-refractivity contribution in [2.45, 2.75) is 24.9 Å². The maximum Gasteiger partial charge on any atom is 0.437 e. The zero-order chi connectivity index (χ0) is 26.1. The van der Waals surface area contributed by atoms with Gasteiger partial charge in [0.2, 0.25) is 5.72 Å². The Kier molecular flexibility index (Phi) is 6.59. The van der Waals surface area contributed by atoms with Crippen LogP contribution in [0.5, 0.6) is 0 Å². The number of ketones is 1. The van der Waals surface area contributed by atoms with Gasteiger partial charge in [-0.25, -0.2) is 9.59 Å². The Bertz CT molecular complexity index is 1270. The molecule has 2 heterocycles. The predicted molar refractivity (Wildman–Crippen MR) is 120 cm³/mol. The van der Waals surface area contributed by atoms with Gasteiger partial charge in [0.05, 0.1) is 12.2 Å². The van der Waals surface area contributed by atoms with Crippen LogP contribution in [0.3, 0.4) is 0 Å². The van der Waals surface area contributed by atoms with Gasteiger partial charge in [0, 0.05) is 11.1 Å². The van der Waals surface area contributed by atoms with Crippen molar-refractivity contribution in [3.8, 4) is 11.3 Å². The minimum Gasteiger partial charge on any atom is -0.462 e. The van der Waals surface area contributed by atoms with Gasteiger partial charge in [0.1, 0.15) is 23.5 Å². The molecule has 1 aliphatic rings. The van der Waals surface area contributed by atoms with Gasteiger partial charge >= 0.3 is 18.2 Å². The van der Waals surface area contributed by atoms with Crippen molar-refractivity contribution in [1.29, 1.82) is 0 Å². The molecule has 0 radical (unpaired) electrons. The van der Waals surface area contributed by atoms with Gasteiger partial charge < -0.3 is 24.9 Å². The number of alkyl halides is 3. The average molecular weight is 502 g/mol. The average Bonchev–Trinajstić information content (AvgIpc) is 3.34. The van der Waals surface area contributed by atoms with E-state index in [1.807, 2.05) is 0 Å². The highest BCUT2D eigenvalue weighted by Crippen LogP contribution is 2.44. The maximum atomic E-state index is 14.0. The summed E-state index contributed by atoms with van der Waals surface area (Å²) < 4.78 is 52.8. The van der Waals surface area contributed by atoms with E-state index in [1.54, 1.807) is 25.1 Å². The highest BCUT2D eigenvalue weighted by Gasteiger charge is 2.66. The largest absolute Gasteiger partial charge is 0.462 e. The monoisotopic (exact) mass is 502 g/mol. The molecule has 11 heteroatoms. The summed E-state index contributed by atoms with van der Waals surface area (Å²) >= 11 is 0. The Morgan fingerprint density at radius 1 is 1.03 bits per heavy atom. The molecule has 0 saturated carbocycles. The van der Waals surface area contributed by atoms with Gasteiger partial charge in [-0.2, -0.15) is 13.2 Å². The number of esters is 1. The summed E-state index contributed by atoms with van der Waals surface area (Å²) in [7, 11) is 0. The molecule has 1 fully saturated rings. The quantitative estimate of drug-likeness (QED) is 0.343. The molecule has 0 spiro atoms. The number of halogens is 3. The predicted octanol–water partition coefficient (Wildman–Crippen LogP) is 4.23. The maximum absolute atomic E-state index is 14.0. The molecule has 36 heavy (non-hydrogen) atoms. The van der Waals surface area contributed by atoms with Crippen molar-refractivity contribution < 1.29 is 41.8 Å². The molecule has 8 nitrogen and oxygen atoms in total. The van der Waals surface area contributed by atoms with E-state index in [2.05, 4.69) is 5.32 Å². The van der Waals surface area contributed by atoms with E-state index in [-0.39, 0.29) is 23.7 Å².